The lowest BCUT2D eigenvalue weighted by Crippen LogP contribution is -2.14. The molecule has 1 nitrogen and oxygen atoms in total. The van der Waals surface area contributed by atoms with Crippen molar-refractivity contribution in [3.8, 4) is 0 Å². The molecule has 0 aromatic rings. The molecular weight excluding hydrogens is 134 g/mol. The molecule has 11 heavy (non-hydrogen) atoms. The number of allylic oxidation sites excluding steroid dienone is 2. The Balaban J connectivity index is 3.37. The first kappa shape index (κ1) is 10.5. The molecule has 0 saturated heterocycles. The molecule has 1 heteroatoms. The number of hydrogen-bond donors (Lipinski definition) is 1. The van der Waals surface area contributed by atoms with Gasteiger partial charge in [0.1, 0.15) is 0 Å². The largest absolute Gasteiger partial charge is 0.389 e. The number of hydrogen-bond acceptors (Lipinski definition) is 1. The maximum absolute atomic E-state index is 3.43. The highest BCUT2D eigenvalue weighted by atomic mass is 14.9. The molecule has 0 amide bonds. The van der Waals surface area contributed by atoms with Gasteiger partial charge in [0.15, 0.2) is 0 Å². The number of rotatable bonds is 6. The minimum Gasteiger partial charge on any atom is -0.389 e. The summed E-state index contributed by atoms with van der Waals surface area (Å²) in [5.41, 5.74) is 1.40. The summed E-state index contributed by atoms with van der Waals surface area (Å²) < 4.78 is 0. The van der Waals surface area contributed by atoms with Crippen molar-refractivity contribution in [1.29, 1.82) is 0 Å². The van der Waals surface area contributed by atoms with Gasteiger partial charge < -0.3 is 5.32 Å². The van der Waals surface area contributed by atoms with Gasteiger partial charge in [0, 0.05) is 12.2 Å². The maximum atomic E-state index is 3.43. The quantitative estimate of drug-likeness (QED) is 0.581. The summed E-state index contributed by atoms with van der Waals surface area (Å²) in [5, 5.41) is 3.43. The first-order chi connectivity index (χ1) is 5.35. The highest BCUT2D eigenvalue weighted by Gasteiger charge is 1.91. The standard InChI is InChI=1S/C10H21N/c1-4-7-9-11-10(6-3)8-5-2/h6,11H,4-5,7-9H2,1-3H3. The Hall–Kier alpha value is -0.460. The summed E-state index contributed by atoms with van der Waals surface area (Å²) in [7, 11) is 0. The molecule has 0 radical (unpaired) electrons. The van der Waals surface area contributed by atoms with Crippen LogP contribution < -0.4 is 5.32 Å². The van der Waals surface area contributed by atoms with E-state index in [1.54, 1.807) is 0 Å². The third kappa shape index (κ3) is 5.96. The molecule has 0 bridgehead atoms. The van der Waals surface area contributed by atoms with Gasteiger partial charge in [0.25, 0.3) is 0 Å². The Bertz CT molecular complexity index is 105. The lowest BCUT2D eigenvalue weighted by Gasteiger charge is -2.08. The maximum Gasteiger partial charge on any atom is 0.0143 e. The molecule has 0 heterocycles. The van der Waals surface area contributed by atoms with Gasteiger partial charge >= 0.3 is 0 Å². The zero-order valence-electron chi connectivity index (χ0n) is 8.11. The second-order valence-electron chi connectivity index (χ2n) is 2.84. The topological polar surface area (TPSA) is 12.0 Å². The highest BCUT2D eigenvalue weighted by Crippen LogP contribution is 2.00. The summed E-state index contributed by atoms with van der Waals surface area (Å²) in [6.45, 7) is 7.67. The third-order valence-electron chi connectivity index (χ3n) is 1.75. The molecule has 0 unspecified atom stereocenters. The molecule has 66 valence electrons. The minimum atomic E-state index is 1.14. The van der Waals surface area contributed by atoms with E-state index in [0.717, 1.165) is 6.54 Å². The Morgan fingerprint density at radius 3 is 2.45 bits per heavy atom. The molecular formula is C10H21N. The van der Waals surface area contributed by atoms with Crippen LogP contribution in [-0.2, 0) is 0 Å². The Morgan fingerprint density at radius 2 is 2.00 bits per heavy atom. The van der Waals surface area contributed by atoms with Crippen LogP contribution in [0, 0.1) is 0 Å². The van der Waals surface area contributed by atoms with Crippen LogP contribution in [0.1, 0.15) is 46.5 Å². The van der Waals surface area contributed by atoms with Crippen LogP contribution in [-0.4, -0.2) is 6.54 Å². The average molecular weight is 155 g/mol. The zero-order chi connectivity index (χ0) is 8.53. The number of nitrogens with one attached hydrogen (secondary N) is 1. The molecule has 0 spiro atoms. The monoisotopic (exact) mass is 155 g/mol. The molecule has 0 atom stereocenters. The van der Waals surface area contributed by atoms with Gasteiger partial charge in [-0.1, -0.05) is 32.8 Å². The first-order valence-corrected chi connectivity index (χ1v) is 4.74. The fraction of sp³-hybridized carbons (Fsp3) is 0.800. The van der Waals surface area contributed by atoms with E-state index in [9.17, 15) is 0 Å². The normalized spacial score (nSPS) is 11.7. The lowest BCUT2D eigenvalue weighted by molar-refractivity contribution is 0.678. The van der Waals surface area contributed by atoms with Crippen molar-refractivity contribution >= 4 is 0 Å². The van der Waals surface area contributed by atoms with Crippen molar-refractivity contribution in [3.05, 3.63) is 11.8 Å². The highest BCUT2D eigenvalue weighted by molar-refractivity contribution is 4.96. The smallest absolute Gasteiger partial charge is 0.0143 e. The van der Waals surface area contributed by atoms with Gasteiger partial charge in [-0.15, -0.1) is 0 Å². The molecule has 0 aliphatic rings. The Morgan fingerprint density at radius 1 is 1.27 bits per heavy atom. The van der Waals surface area contributed by atoms with E-state index in [1.165, 1.54) is 31.4 Å². The second-order valence-corrected chi connectivity index (χ2v) is 2.84. The van der Waals surface area contributed by atoms with Gasteiger partial charge in [-0.3, -0.25) is 0 Å². The second kappa shape index (κ2) is 7.64. The van der Waals surface area contributed by atoms with Crippen LogP contribution in [0.2, 0.25) is 0 Å². The van der Waals surface area contributed by atoms with Crippen LogP contribution in [0.25, 0.3) is 0 Å². The van der Waals surface area contributed by atoms with Crippen molar-refractivity contribution in [3.63, 3.8) is 0 Å². The Kier molecular flexibility index (Phi) is 7.33. The van der Waals surface area contributed by atoms with Gasteiger partial charge in [-0.25, -0.2) is 0 Å². The van der Waals surface area contributed by atoms with E-state index in [4.69, 9.17) is 0 Å². The molecule has 0 rings (SSSR count). The lowest BCUT2D eigenvalue weighted by atomic mass is 10.2. The summed E-state index contributed by atoms with van der Waals surface area (Å²) in [4.78, 5) is 0. The SMILES string of the molecule is CC=C(CCC)NCCCC. The molecule has 0 fully saturated rings. The number of unbranched alkanes of at least 4 members (excludes halogenated alkanes) is 1. The predicted molar refractivity (Wildman–Crippen MR) is 51.6 cm³/mol. The van der Waals surface area contributed by atoms with Crippen molar-refractivity contribution < 1.29 is 0 Å². The summed E-state index contributed by atoms with van der Waals surface area (Å²) >= 11 is 0. The molecule has 0 saturated carbocycles. The van der Waals surface area contributed by atoms with Crippen molar-refractivity contribution in [2.75, 3.05) is 6.54 Å². The summed E-state index contributed by atoms with van der Waals surface area (Å²) in [6.07, 6.45) is 7.16. The van der Waals surface area contributed by atoms with Crippen LogP contribution in [0.15, 0.2) is 11.8 Å². The van der Waals surface area contributed by atoms with Crippen molar-refractivity contribution in [2.24, 2.45) is 0 Å². The van der Waals surface area contributed by atoms with Gasteiger partial charge in [-0.2, -0.15) is 0 Å². The average Bonchev–Trinajstić information content (AvgIpc) is 2.03. The molecule has 0 aliphatic carbocycles. The van der Waals surface area contributed by atoms with E-state index in [2.05, 4.69) is 32.2 Å². The first-order valence-electron chi connectivity index (χ1n) is 4.74. The summed E-state index contributed by atoms with van der Waals surface area (Å²) in [5.74, 6) is 0. The van der Waals surface area contributed by atoms with Crippen LogP contribution in [0.3, 0.4) is 0 Å². The van der Waals surface area contributed by atoms with Gasteiger partial charge in [0.05, 0.1) is 0 Å². The van der Waals surface area contributed by atoms with Gasteiger partial charge in [-0.05, 0) is 19.8 Å². The predicted octanol–water partition coefficient (Wildman–Crippen LogP) is 3.08. The fourth-order valence-corrected chi connectivity index (χ4v) is 1.03. The van der Waals surface area contributed by atoms with E-state index in [1.807, 2.05) is 0 Å². The zero-order valence-corrected chi connectivity index (χ0v) is 8.11. The molecule has 0 aromatic carbocycles. The van der Waals surface area contributed by atoms with E-state index < -0.39 is 0 Å². The van der Waals surface area contributed by atoms with E-state index in [-0.39, 0.29) is 0 Å². The van der Waals surface area contributed by atoms with E-state index in [0.29, 0.717) is 0 Å². The molecule has 0 aromatic heterocycles. The minimum absolute atomic E-state index is 1.14. The molecule has 1 N–H and O–H groups in total. The van der Waals surface area contributed by atoms with Gasteiger partial charge in [0.2, 0.25) is 0 Å². The van der Waals surface area contributed by atoms with Crippen LogP contribution >= 0.6 is 0 Å². The van der Waals surface area contributed by atoms with Crippen LogP contribution in [0.4, 0.5) is 0 Å². The Labute approximate surface area is 70.9 Å². The van der Waals surface area contributed by atoms with Crippen molar-refractivity contribution in [2.45, 2.75) is 46.5 Å². The van der Waals surface area contributed by atoms with Crippen LogP contribution in [0.5, 0.6) is 0 Å². The third-order valence-corrected chi connectivity index (χ3v) is 1.75. The van der Waals surface area contributed by atoms with Crippen molar-refractivity contribution in [1.82, 2.24) is 5.32 Å². The molecule has 0 aliphatic heterocycles. The fourth-order valence-electron chi connectivity index (χ4n) is 1.03. The summed E-state index contributed by atoms with van der Waals surface area (Å²) in [6, 6.07) is 0. The van der Waals surface area contributed by atoms with E-state index >= 15 is 0 Å².